The molecule has 19 heavy (non-hydrogen) atoms. The summed E-state index contributed by atoms with van der Waals surface area (Å²) in [6.07, 6.45) is 1.99. The van der Waals surface area contributed by atoms with Crippen LogP contribution in [-0.4, -0.2) is 27.3 Å². The number of nitrogens with zero attached hydrogens (tertiary/aromatic N) is 1. The summed E-state index contributed by atoms with van der Waals surface area (Å²) in [5.41, 5.74) is 1.50. The molecule has 0 saturated carbocycles. The largest absolute Gasteiger partial charge is 0.276 e. The zero-order chi connectivity index (χ0) is 14.8. The van der Waals surface area contributed by atoms with E-state index in [2.05, 4.69) is 11.7 Å². The lowest BCUT2D eigenvalue weighted by Crippen LogP contribution is -2.11. The minimum Gasteiger partial charge on any atom is -0.267 e. The number of hydrogen-bond donors (Lipinski definition) is 0. The third kappa shape index (κ3) is 3.10. The van der Waals surface area contributed by atoms with Crippen LogP contribution in [0.4, 0.5) is 0 Å². The van der Waals surface area contributed by atoms with Crippen molar-refractivity contribution in [3.63, 3.8) is 0 Å². The molecule has 0 aliphatic carbocycles. The van der Waals surface area contributed by atoms with E-state index in [4.69, 9.17) is 0 Å². The van der Waals surface area contributed by atoms with E-state index in [1.165, 1.54) is 0 Å². The van der Waals surface area contributed by atoms with E-state index in [-0.39, 0.29) is 10.8 Å². The molecule has 1 aromatic rings. The normalized spacial score (nSPS) is 13.1. The van der Waals surface area contributed by atoms with Crippen molar-refractivity contribution in [1.82, 2.24) is 0 Å². The Labute approximate surface area is 114 Å². The smallest absolute Gasteiger partial charge is 0.267 e. The number of amides is 1. The lowest BCUT2D eigenvalue weighted by Gasteiger charge is -2.17. The summed E-state index contributed by atoms with van der Waals surface area (Å²) in [4.78, 5) is 15.2. The molecular formula is C14H19NO3S. The molecule has 1 atom stereocenters. The fraction of sp³-hybridized carbons (Fsp3) is 0.429. The number of hydrogen-bond acceptors (Lipinski definition) is 3. The SMILES string of the molecule is C=NC(=O)c1ccc(C(C)CC)c(S(C)(=O)=O)c1C. The molecule has 0 spiro atoms. The molecule has 0 fully saturated rings. The Hall–Kier alpha value is -1.49. The van der Waals surface area contributed by atoms with Gasteiger partial charge in [0.15, 0.2) is 9.84 Å². The van der Waals surface area contributed by atoms with Crippen LogP contribution in [-0.2, 0) is 9.84 Å². The lowest BCUT2D eigenvalue weighted by atomic mass is 9.94. The Morgan fingerprint density at radius 3 is 2.42 bits per heavy atom. The molecule has 4 nitrogen and oxygen atoms in total. The van der Waals surface area contributed by atoms with Gasteiger partial charge < -0.3 is 0 Å². The van der Waals surface area contributed by atoms with Crippen molar-refractivity contribution < 1.29 is 13.2 Å². The van der Waals surface area contributed by atoms with Gasteiger partial charge in [0, 0.05) is 11.8 Å². The first kappa shape index (κ1) is 15.6. The first-order chi connectivity index (χ1) is 8.73. The molecule has 0 radical (unpaired) electrons. The van der Waals surface area contributed by atoms with Crippen molar-refractivity contribution >= 4 is 22.5 Å². The average Bonchev–Trinajstić information content (AvgIpc) is 2.34. The summed E-state index contributed by atoms with van der Waals surface area (Å²) >= 11 is 0. The van der Waals surface area contributed by atoms with Gasteiger partial charge in [0.2, 0.25) is 0 Å². The number of rotatable bonds is 4. The number of carbonyl (C=O) groups excluding carboxylic acids is 1. The van der Waals surface area contributed by atoms with Crippen LogP contribution in [0.25, 0.3) is 0 Å². The highest BCUT2D eigenvalue weighted by atomic mass is 32.2. The van der Waals surface area contributed by atoms with Crippen LogP contribution in [0.15, 0.2) is 22.0 Å². The number of sulfone groups is 1. The first-order valence-electron chi connectivity index (χ1n) is 6.08. The number of benzene rings is 1. The Morgan fingerprint density at radius 2 is 2.00 bits per heavy atom. The zero-order valence-corrected chi connectivity index (χ0v) is 12.5. The van der Waals surface area contributed by atoms with Crippen LogP contribution in [0, 0.1) is 6.92 Å². The molecule has 5 heteroatoms. The lowest BCUT2D eigenvalue weighted by molar-refractivity contribution is 0.100. The highest BCUT2D eigenvalue weighted by Gasteiger charge is 2.23. The molecule has 0 heterocycles. The summed E-state index contributed by atoms with van der Waals surface area (Å²) in [5, 5.41) is 0. The summed E-state index contributed by atoms with van der Waals surface area (Å²) in [6, 6.07) is 3.33. The van der Waals surface area contributed by atoms with Crippen LogP contribution in [0.3, 0.4) is 0 Å². The maximum atomic E-state index is 12.0. The fourth-order valence-electron chi connectivity index (χ4n) is 2.13. The molecular weight excluding hydrogens is 262 g/mol. The minimum absolute atomic E-state index is 0.115. The number of aliphatic imine (C=N–C) groups is 1. The van der Waals surface area contributed by atoms with Crippen LogP contribution >= 0.6 is 0 Å². The molecule has 0 bridgehead atoms. The van der Waals surface area contributed by atoms with E-state index in [0.717, 1.165) is 18.2 Å². The molecule has 0 aliphatic rings. The summed E-state index contributed by atoms with van der Waals surface area (Å²) in [7, 11) is -3.40. The maximum Gasteiger partial charge on any atom is 0.276 e. The third-order valence-electron chi connectivity index (χ3n) is 3.32. The average molecular weight is 281 g/mol. The standard InChI is InChI=1S/C14H19NO3S/c1-6-9(2)11-7-8-12(14(16)15-4)10(3)13(11)19(5,17)18/h7-9H,4,6H2,1-3,5H3. The Kier molecular flexibility index (Phi) is 4.63. The van der Waals surface area contributed by atoms with Crippen LogP contribution < -0.4 is 0 Å². The van der Waals surface area contributed by atoms with Crippen molar-refractivity contribution in [3.8, 4) is 0 Å². The van der Waals surface area contributed by atoms with Crippen molar-refractivity contribution in [2.24, 2.45) is 4.99 Å². The van der Waals surface area contributed by atoms with Crippen molar-refractivity contribution in [1.29, 1.82) is 0 Å². The summed E-state index contributed by atoms with van der Waals surface area (Å²) < 4.78 is 24.0. The first-order valence-corrected chi connectivity index (χ1v) is 7.97. The predicted molar refractivity (Wildman–Crippen MR) is 76.9 cm³/mol. The highest BCUT2D eigenvalue weighted by Crippen LogP contribution is 2.31. The van der Waals surface area contributed by atoms with Gasteiger partial charge in [-0.05, 0) is 43.2 Å². The topological polar surface area (TPSA) is 63.6 Å². The van der Waals surface area contributed by atoms with Crippen LogP contribution in [0.5, 0.6) is 0 Å². The third-order valence-corrected chi connectivity index (χ3v) is 4.61. The van der Waals surface area contributed by atoms with E-state index in [0.29, 0.717) is 11.1 Å². The van der Waals surface area contributed by atoms with Crippen LogP contribution in [0.1, 0.15) is 47.7 Å². The molecule has 1 aromatic carbocycles. The molecule has 1 unspecified atom stereocenters. The summed E-state index contributed by atoms with van der Waals surface area (Å²) in [6.45, 7) is 8.80. The van der Waals surface area contributed by atoms with E-state index >= 15 is 0 Å². The quantitative estimate of drug-likeness (QED) is 0.797. The van der Waals surface area contributed by atoms with E-state index in [1.54, 1.807) is 19.1 Å². The van der Waals surface area contributed by atoms with Gasteiger partial charge >= 0.3 is 0 Å². The van der Waals surface area contributed by atoms with Gasteiger partial charge in [-0.3, -0.25) is 4.79 Å². The Morgan fingerprint density at radius 1 is 1.42 bits per heavy atom. The van der Waals surface area contributed by atoms with Crippen LogP contribution in [0.2, 0.25) is 0 Å². The van der Waals surface area contributed by atoms with Crippen molar-refractivity contribution in [2.75, 3.05) is 6.26 Å². The second-order valence-corrected chi connectivity index (χ2v) is 6.65. The molecule has 0 N–H and O–H groups in total. The maximum absolute atomic E-state index is 12.0. The van der Waals surface area contributed by atoms with Gasteiger partial charge in [0.05, 0.1) is 4.90 Å². The van der Waals surface area contributed by atoms with Gasteiger partial charge in [-0.1, -0.05) is 19.9 Å². The van der Waals surface area contributed by atoms with Gasteiger partial charge in [-0.15, -0.1) is 0 Å². The van der Waals surface area contributed by atoms with Crippen molar-refractivity contribution in [2.45, 2.75) is 38.0 Å². The second kappa shape index (κ2) is 5.65. The Bertz CT molecular complexity index is 618. The van der Waals surface area contributed by atoms with E-state index < -0.39 is 15.7 Å². The van der Waals surface area contributed by atoms with Gasteiger partial charge in [-0.25, -0.2) is 13.4 Å². The summed E-state index contributed by atoms with van der Waals surface area (Å²) in [5.74, 6) is -0.387. The van der Waals surface area contributed by atoms with Gasteiger partial charge in [0.1, 0.15) is 0 Å². The second-order valence-electron chi connectivity index (χ2n) is 4.70. The predicted octanol–water partition coefficient (Wildman–Crippen LogP) is 2.75. The highest BCUT2D eigenvalue weighted by molar-refractivity contribution is 7.90. The fourth-order valence-corrected chi connectivity index (χ4v) is 3.49. The molecule has 104 valence electrons. The molecule has 1 amide bonds. The molecule has 0 aliphatic heterocycles. The van der Waals surface area contributed by atoms with E-state index in [1.807, 2.05) is 13.8 Å². The zero-order valence-electron chi connectivity index (χ0n) is 11.7. The molecule has 1 rings (SSSR count). The Balaban J connectivity index is 3.69. The molecule has 0 saturated heterocycles. The molecule has 0 aromatic heterocycles. The number of carbonyl (C=O) groups is 1. The van der Waals surface area contributed by atoms with Crippen molar-refractivity contribution in [3.05, 3.63) is 28.8 Å². The monoisotopic (exact) mass is 281 g/mol. The van der Waals surface area contributed by atoms with Gasteiger partial charge in [-0.2, -0.15) is 0 Å². The van der Waals surface area contributed by atoms with Gasteiger partial charge in [0.25, 0.3) is 5.91 Å². The van der Waals surface area contributed by atoms with E-state index in [9.17, 15) is 13.2 Å². The minimum atomic E-state index is -3.40.